The molecule has 0 aromatic rings. The summed E-state index contributed by atoms with van der Waals surface area (Å²) in [6.45, 7) is 10.8. The largest absolute Gasteiger partial charge is 0.465 e. The minimum atomic E-state index is -0.936. The lowest BCUT2D eigenvalue weighted by Gasteiger charge is -2.34. The van der Waals surface area contributed by atoms with E-state index >= 15 is 0 Å². The molecule has 0 aromatic heterocycles. The number of imide groups is 1. The van der Waals surface area contributed by atoms with Crippen LogP contribution in [0.3, 0.4) is 0 Å². The van der Waals surface area contributed by atoms with E-state index in [9.17, 15) is 19.2 Å². The molecule has 1 fully saturated rings. The van der Waals surface area contributed by atoms with Gasteiger partial charge in [-0.15, -0.1) is 0 Å². The van der Waals surface area contributed by atoms with Gasteiger partial charge in [-0.05, 0) is 59.4 Å². The van der Waals surface area contributed by atoms with Gasteiger partial charge < -0.3 is 19.7 Å². The van der Waals surface area contributed by atoms with Crippen LogP contribution in [0.25, 0.3) is 0 Å². The topological polar surface area (TPSA) is 105 Å². The average molecular weight is 428 g/mol. The third kappa shape index (κ3) is 7.93. The monoisotopic (exact) mass is 427 g/mol. The fourth-order valence-electron chi connectivity index (χ4n) is 3.23. The summed E-state index contributed by atoms with van der Waals surface area (Å²) in [5, 5.41) is 3.13. The summed E-state index contributed by atoms with van der Waals surface area (Å²) in [7, 11) is 1.56. The molecule has 1 heterocycles. The predicted octanol–water partition coefficient (Wildman–Crippen LogP) is 1.94. The molecule has 1 aliphatic heterocycles. The Morgan fingerprint density at radius 1 is 1.17 bits per heavy atom. The Morgan fingerprint density at radius 3 is 2.27 bits per heavy atom. The van der Waals surface area contributed by atoms with Crippen LogP contribution in [0.2, 0.25) is 0 Å². The van der Waals surface area contributed by atoms with Gasteiger partial charge in [0, 0.05) is 7.05 Å². The van der Waals surface area contributed by atoms with E-state index < -0.39 is 36.2 Å². The first-order valence-corrected chi connectivity index (χ1v) is 10.6. The van der Waals surface area contributed by atoms with Crippen LogP contribution in [0.15, 0.2) is 0 Å². The van der Waals surface area contributed by atoms with Crippen LogP contribution in [0.5, 0.6) is 0 Å². The third-order valence-corrected chi connectivity index (χ3v) is 4.63. The molecule has 1 aliphatic rings. The zero-order valence-corrected chi connectivity index (χ0v) is 19.3. The molecule has 9 heteroatoms. The van der Waals surface area contributed by atoms with E-state index in [1.54, 1.807) is 34.7 Å². The number of likely N-dealkylation sites (N-methyl/N-ethyl adjacent to an activating group) is 1. The van der Waals surface area contributed by atoms with Gasteiger partial charge in [0.05, 0.1) is 12.6 Å². The molecular formula is C21H37N3O6. The van der Waals surface area contributed by atoms with Crippen molar-refractivity contribution in [1.29, 1.82) is 0 Å². The van der Waals surface area contributed by atoms with Gasteiger partial charge in [0.25, 0.3) is 5.91 Å². The van der Waals surface area contributed by atoms with E-state index in [0.29, 0.717) is 12.8 Å². The molecule has 1 rings (SSSR count). The van der Waals surface area contributed by atoms with Crippen molar-refractivity contribution in [2.24, 2.45) is 5.92 Å². The molecule has 1 N–H and O–H groups in total. The van der Waals surface area contributed by atoms with Crippen molar-refractivity contribution in [3.63, 3.8) is 0 Å². The molecule has 9 nitrogen and oxygen atoms in total. The number of esters is 1. The Hall–Kier alpha value is -2.16. The maximum Gasteiger partial charge on any atom is 0.417 e. The number of ether oxygens (including phenoxy) is 2. The Balaban J connectivity index is 3.16. The van der Waals surface area contributed by atoms with Gasteiger partial charge in [-0.25, -0.2) is 9.69 Å². The van der Waals surface area contributed by atoms with Crippen LogP contribution < -0.4 is 5.32 Å². The zero-order valence-electron chi connectivity index (χ0n) is 19.3. The van der Waals surface area contributed by atoms with E-state index in [4.69, 9.17) is 9.47 Å². The smallest absolute Gasteiger partial charge is 0.417 e. The Bertz CT molecular complexity index is 623. The summed E-state index contributed by atoms with van der Waals surface area (Å²) in [5.74, 6) is -1.49. The number of hydrogen-bond acceptors (Lipinski definition) is 7. The van der Waals surface area contributed by atoms with E-state index in [2.05, 4.69) is 5.32 Å². The zero-order chi connectivity index (χ0) is 23.1. The van der Waals surface area contributed by atoms with E-state index in [1.165, 1.54) is 4.90 Å². The van der Waals surface area contributed by atoms with E-state index in [1.807, 2.05) is 13.8 Å². The first-order valence-electron chi connectivity index (χ1n) is 10.6. The standard InChI is InChI=1S/C21H37N3O6/c1-8-29-17(25)13-24(20(28)30-21(4,5)6)19(27)16(12-14(2)3)23(7)18(26)15-10-9-11-22-15/h14-16,22H,8-13H2,1-7H3/t15-,16-/m0/s1. The fourth-order valence-corrected chi connectivity index (χ4v) is 3.23. The predicted molar refractivity (Wildman–Crippen MR) is 112 cm³/mol. The highest BCUT2D eigenvalue weighted by atomic mass is 16.6. The van der Waals surface area contributed by atoms with Crippen LogP contribution in [-0.4, -0.2) is 78.1 Å². The highest BCUT2D eigenvalue weighted by molar-refractivity contribution is 5.99. The van der Waals surface area contributed by atoms with Crippen molar-refractivity contribution in [2.75, 3.05) is 26.7 Å². The van der Waals surface area contributed by atoms with Gasteiger partial charge in [-0.1, -0.05) is 13.8 Å². The highest BCUT2D eigenvalue weighted by Gasteiger charge is 2.39. The van der Waals surface area contributed by atoms with Gasteiger partial charge in [-0.3, -0.25) is 14.4 Å². The van der Waals surface area contributed by atoms with Gasteiger partial charge in [0.2, 0.25) is 5.91 Å². The van der Waals surface area contributed by atoms with E-state index in [-0.39, 0.29) is 24.5 Å². The molecule has 30 heavy (non-hydrogen) atoms. The van der Waals surface area contributed by atoms with Gasteiger partial charge in [0.1, 0.15) is 18.2 Å². The minimum Gasteiger partial charge on any atom is -0.465 e. The molecule has 0 unspecified atom stereocenters. The molecule has 0 saturated carbocycles. The number of rotatable bonds is 8. The normalized spacial score (nSPS) is 17.4. The molecule has 3 amide bonds. The van der Waals surface area contributed by atoms with Gasteiger partial charge in [0.15, 0.2) is 0 Å². The maximum atomic E-state index is 13.4. The Labute approximate surface area is 179 Å². The lowest BCUT2D eigenvalue weighted by atomic mass is 10.0. The molecule has 2 atom stereocenters. The van der Waals surface area contributed by atoms with Crippen molar-refractivity contribution < 1.29 is 28.7 Å². The van der Waals surface area contributed by atoms with Crippen LogP contribution >= 0.6 is 0 Å². The Kier molecular flexibility index (Phi) is 9.74. The summed E-state index contributed by atoms with van der Waals surface area (Å²) in [5.41, 5.74) is -0.854. The molecular weight excluding hydrogens is 390 g/mol. The van der Waals surface area contributed by atoms with E-state index in [0.717, 1.165) is 17.9 Å². The number of nitrogens with one attached hydrogen (secondary N) is 1. The minimum absolute atomic E-state index is 0.0776. The SMILES string of the molecule is CCOC(=O)CN(C(=O)OC(C)(C)C)C(=O)[C@H](CC(C)C)N(C)C(=O)[C@@H]1CCCN1. The van der Waals surface area contributed by atoms with Crippen molar-refractivity contribution in [2.45, 2.75) is 78.5 Å². The van der Waals surface area contributed by atoms with Crippen molar-refractivity contribution in [3.05, 3.63) is 0 Å². The second kappa shape index (κ2) is 11.3. The summed E-state index contributed by atoms with van der Waals surface area (Å²) in [6, 6.07) is -1.25. The van der Waals surface area contributed by atoms with Crippen LogP contribution in [0.4, 0.5) is 4.79 Å². The highest BCUT2D eigenvalue weighted by Crippen LogP contribution is 2.19. The van der Waals surface area contributed by atoms with Crippen LogP contribution in [-0.2, 0) is 23.9 Å². The summed E-state index contributed by atoms with van der Waals surface area (Å²) in [4.78, 5) is 53.3. The molecule has 172 valence electrons. The van der Waals surface area contributed by atoms with Gasteiger partial charge >= 0.3 is 12.1 Å². The lowest BCUT2D eigenvalue weighted by molar-refractivity contribution is -0.152. The Morgan fingerprint density at radius 2 is 1.80 bits per heavy atom. The second-order valence-electron chi connectivity index (χ2n) is 8.95. The molecule has 0 aromatic carbocycles. The van der Waals surface area contributed by atoms with Crippen molar-refractivity contribution >= 4 is 23.9 Å². The van der Waals surface area contributed by atoms with Crippen molar-refractivity contribution in [1.82, 2.24) is 15.1 Å². The number of amides is 3. The summed E-state index contributed by atoms with van der Waals surface area (Å²) < 4.78 is 10.3. The first kappa shape index (κ1) is 25.9. The van der Waals surface area contributed by atoms with Crippen LogP contribution in [0, 0.1) is 5.92 Å². The fraction of sp³-hybridized carbons (Fsp3) is 0.810. The average Bonchev–Trinajstić information content (AvgIpc) is 3.15. The first-order chi connectivity index (χ1) is 13.9. The summed E-state index contributed by atoms with van der Waals surface area (Å²) in [6.07, 6.45) is 0.995. The number of carbonyl (C=O) groups excluding carboxylic acids is 4. The van der Waals surface area contributed by atoms with Crippen LogP contribution in [0.1, 0.15) is 60.8 Å². The quantitative estimate of drug-likeness (QED) is 0.590. The number of hydrogen-bond donors (Lipinski definition) is 1. The number of carbonyl (C=O) groups is 4. The molecule has 0 aliphatic carbocycles. The molecule has 1 saturated heterocycles. The third-order valence-electron chi connectivity index (χ3n) is 4.63. The lowest BCUT2D eigenvalue weighted by Crippen LogP contribution is -2.56. The maximum absolute atomic E-state index is 13.4. The summed E-state index contributed by atoms with van der Waals surface area (Å²) >= 11 is 0. The number of nitrogens with zero attached hydrogens (tertiary/aromatic N) is 2. The molecule has 0 radical (unpaired) electrons. The molecule has 0 bridgehead atoms. The second-order valence-corrected chi connectivity index (χ2v) is 8.95. The van der Waals surface area contributed by atoms with Crippen molar-refractivity contribution in [3.8, 4) is 0 Å². The van der Waals surface area contributed by atoms with Gasteiger partial charge in [-0.2, -0.15) is 0 Å². The molecule has 0 spiro atoms.